The van der Waals surface area contributed by atoms with Crippen LogP contribution in [0.2, 0.25) is 0 Å². The van der Waals surface area contributed by atoms with Crippen LogP contribution in [0, 0.1) is 0 Å². The Balaban J connectivity index is 2.33. The van der Waals surface area contributed by atoms with Gasteiger partial charge in [-0.05, 0) is 18.2 Å². The lowest BCUT2D eigenvalue weighted by atomic mass is 10.2. The molecule has 0 fully saturated rings. The van der Waals surface area contributed by atoms with Crippen LogP contribution in [-0.4, -0.2) is 14.8 Å². The summed E-state index contributed by atoms with van der Waals surface area (Å²) < 4.78 is 1.31. The largest absolute Gasteiger partial charge is 0.280 e. The Hall–Kier alpha value is -2.49. The molecule has 0 radical (unpaired) electrons. The minimum atomic E-state index is -0.151. The SMILES string of the molecule is O=c1c2ccccc2cnn1-c1ccccn1. The van der Waals surface area contributed by atoms with Gasteiger partial charge in [-0.3, -0.25) is 4.79 Å². The van der Waals surface area contributed by atoms with Crippen LogP contribution in [0.4, 0.5) is 0 Å². The third-order valence-corrected chi connectivity index (χ3v) is 2.56. The molecule has 17 heavy (non-hydrogen) atoms. The first-order chi connectivity index (χ1) is 8.36. The van der Waals surface area contributed by atoms with E-state index in [-0.39, 0.29) is 5.56 Å². The molecule has 3 aromatic rings. The van der Waals surface area contributed by atoms with E-state index in [4.69, 9.17) is 0 Å². The fourth-order valence-electron chi connectivity index (χ4n) is 1.73. The zero-order valence-corrected chi connectivity index (χ0v) is 8.95. The monoisotopic (exact) mass is 223 g/mol. The van der Waals surface area contributed by atoms with E-state index in [1.54, 1.807) is 30.6 Å². The van der Waals surface area contributed by atoms with Gasteiger partial charge >= 0.3 is 0 Å². The summed E-state index contributed by atoms with van der Waals surface area (Å²) in [4.78, 5) is 16.3. The summed E-state index contributed by atoms with van der Waals surface area (Å²) in [6.07, 6.45) is 3.31. The van der Waals surface area contributed by atoms with Crippen LogP contribution in [0.15, 0.2) is 59.7 Å². The van der Waals surface area contributed by atoms with E-state index in [2.05, 4.69) is 10.1 Å². The molecule has 2 heterocycles. The van der Waals surface area contributed by atoms with Crippen molar-refractivity contribution in [3.63, 3.8) is 0 Å². The van der Waals surface area contributed by atoms with E-state index in [0.717, 1.165) is 5.39 Å². The highest BCUT2D eigenvalue weighted by atomic mass is 16.1. The second kappa shape index (κ2) is 3.83. The van der Waals surface area contributed by atoms with Crippen LogP contribution >= 0.6 is 0 Å². The normalized spacial score (nSPS) is 10.6. The van der Waals surface area contributed by atoms with Crippen LogP contribution in [-0.2, 0) is 0 Å². The predicted molar refractivity (Wildman–Crippen MR) is 65.1 cm³/mol. The molecule has 0 aliphatic rings. The van der Waals surface area contributed by atoms with E-state index in [1.807, 2.05) is 24.3 Å². The summed E-state index contributed by atoms with van der Waals surface area (Å²) in [5.74, 6) is 0.531. The Morgan fingerprint density at radius 1 is 1.00 bits per heavy atom. The molecule has 4 heteroatoms. The van der Waals surface area contributed by atoms with Gasteiger partial charge in [0, 0.05) is 11.6 Å². The fraction of sp³-hybridized carbons (Fsp3) is 0. The molecule has 0 aliphatic carbocycles. The third-order valence-electron chi connectivity index (χ3n) is 2.56. The van der Waals surface area contributed by atoms with Gasteiger partial charge < -0.3 is 0 Å². The van der Waals surface area contributed by atoms with E-state index >= 15 is 0 Å². The molecule has 3 rings (SSSR count). The lowest BCUT2D eigenvalue weighted by Crippen LogP contribution is -2.21. The second-order valence-corrected chi connectivity index (χ2v) is 3.64. The van der Waals surface area contributed by atoms with E-state index in [0.29, 0.717) is 11.2 Å². The Bertz CT molecular complexity index is 719. The molecule has 0 N–H and O–H groups in total. The van der Waals surface area contributed by atoms with Crippen molar-refractivity contribution in [2.45, 2.75) is 0 Å². The minimum Gasteiger partial charge on any atom is -0.267 e. The van der Waals surface area contributed by atoms with Crippen LogP contribution < -0.4 is 5.56 Å². The number of benzene rings is 1. The summed E-state index contributed by atoms with van der Waals surface area (Å²) in [6.45, 7) is 0. The average molecular weight is 223 g/mol. The number of aromatic nitrogens is 3. The van der Waals surface area contributed by atoms with E-state index in [1.165, 1.54) is 4.68 Å². The first-order valence-corrected chi connectivity index (χ1v) is 5.25. The van der Waals surface area contributed by atoms with Gasteiger partial charge in [-0.25, -0.2) is 4.98 Å². The molecule has 0 saturated carbocycles. The first kappa shape index (κ1) is 9.72. The van der Waals surface area contributed by atoms with Crippen LogP contribution in [0.25, 0.3) is 16.6 Å². The summed E-state index contributed by atoms with van der Waals surface area (Å²) in [5, 5.41) is 5.60. The highest BCUT2D eigenvalue weighted by Gasteiger charge is 2.05. The molecular formula is C13H9N3O. The molecule has 4 nitrogen and oxygen atoms in total. The minimum absolute atomic E-state index is 0.151. The van der Waals surface area contributed by atoms with Crippen LogP contribution in [0.1, 0.15) is 0 Å². The van der Waals surface area contributed by atoms with Gasteiger partial charge in [-0.1, -0.05) is 24.3 Å². The van der Waals surface area contributed by atoms with Crippen molar-refractivity contribution < 1.29 is 0 Å². The number of pyridine rings is 1. The maximum absolute atomic E-state index is 12.2. The lowest BCUT2D eigenvalue weighted by molar-refractivity contribution is 0.794. The van der Waals surface area contributed by atoms with Gasteiger partial charge in [-0.2, -0.15) is 9.78 Å². The molecule has 0 spiro atoms. The predicted octanol–water partition coefficient (Wildman–Crippen LogP) is 1.78. The molecular weight excluding hydrogens is 214 g/mol. The fourth-order valence-corrected chi connectivity index (χ4v) is 1.73. The first-order valence-electron chi connectivity index (χ1n) is 5.25. The smallest absolute Gasteiger partial charge is 0.267 e. The van der Waals surface area contributed by atoms with Crippen molar-refractivity contribution >= 4 is 10.8 Å². The summed E-state index contributed by atoms with van der Waals surface area (Å²) >= 11 is 0. The maximum Gasteiger partial charge on any atom is 0.280 e. The van der Waals surface area contributed by atoms with Gasteiger partial charge in [0.2, 0.25) is 0 Å². The average Bonchev–Trinajstić information content (AvgIpc) is 2.40. The zero-order valence-electron chi connectivity index (χ0n) is 8.95. The van der Waals surface area contributed by atoms with Crippen LogP contribution in [0.5, 0.6) is 0 Å². The number of nitrogens with zero attached hydrogens (tertiary/aromatic N) is 3. The van der Waals surface area contributed by atoms with Crippen molar-refractivity contribution in [2.75, 3.05) is 0 Å². The van der Waals surface area contributed by atoms with Gasteiger partial charge in [0.15, 0.2) is 5.82 Å². The van der Waals surface area contributed by atoms with Gasteiger partial charge in [0.25, 0.3) is 5.56 Å². The number of hydrogen-bond donors (Lipinski definition) is 0. The molecule has 0 atom stereocenters. The van der Waals surface area contributed by atoms with E-state index in [9.17, 15) is 4.79 Å². The molecule has 0 aliphatic heterocycles. The summed E-state index contributed by atoms with van der Waals surface area (Å²) in [5.41, 5.74) is -0.151. The number of rotatable bonds is 1. The van der Waals surface area contributed by atoms with Gasteiger partial charge in [-0.15, -0.1) is 0 Å². The number of fused-ring (bicyclic) bond motifs is 1. The Morgan fingerprint density at radius 2 is 1.82 bits per heavy atom. The third kappa shape index (κ3) is 1.59. The summed E-state index contributed by atoms with van der Waals surface area (Å²) in [6, 6.07) is 12.8. The molecule has 1 aromatic carbocycles. The molecule has 0 saturated heterocycles. The highest BCUT2D eigenvalue weighted by molar-refractivity contribution is 5.80. The van der Waals surface area contributed by atoms with Gasteiger partial charge in [0.05, 0.1) is 11.6 Å². The molecule has 2 aromatic heterocycles. The molecule has 0 unspecified atom stereocenters. The van der Waals surface area contributed by atoms with Gasteiger partial charge in [0.1, 0.15) is 0 Å². The molecule has 0 bridgehead atoms. The Labute approximate surface area is 97.2 Å². The van der Waals surface area contributed by atoms with Crippen molar-refractivity contribution in [3.05, 3.63) is 65.2 Å². The quantitative estimate of drug-likeness (QED) is 0.631. The highest BCUT2D eigenvalue weighted by Crippen LogP contribution is 2.07. The maximum atomic E-state index is 12.2. The Morgan fingerprint density at radius 3 is 2.65 bits per heavy atom. The van der Waals surface area contributed by atoms with Crippen molar-refractivity contribution in [1.82, 2.24) is 14.8 Å². The lowest BCUT2D eigenvalue weighted by Gasteiger charge is -2.03. The second-order valence-electron chi connectivity index (χ2n) is 3.64. The van der Waals surface area contributed by atoms with Crippen molar-refractivity contribution in [1.29, 1.82) is 0 Å². The van der Waals surface area contributed by atoms with Crippen molar-refractivity contribution in [2.24, 2.45) is 0 Å². The Kier molecular flexibility index (Phi) is 2.19. The van der Waals surface area contributed by atoms with Crippen LogP contribution in [0.3, 0.4) is 0 Å². The van der Waals surface area contributed by atoms with E-state index < -0.39 is 0 Å². The molecule has 0 amide bonds. The zero-order chi connectivity index (χ0) is 11.7. The van der Waals surface area contributed by atoms with Crippen molar-refractivity contribution in [3.8, 4) is 5.82 Å². The standard InChI is InChI=1S/C13H9N3O/c17-13-11-6-2-1-5-10(11)9-15-16(13)12-7-3-4-8-14-12/h1-9H. The molecule has 82 valence electrons. The number of hydrogen-bond acceptors (Lipinski definition) is 3. The topological polar surface area (TPSA) is 47.8 Å². The summed E-state index contributed by atoms with van der Waals surface area (Å²) in [7, 11) is 0.